The summed E-state index contributed by atoms with van der Waals surface area (Å²) in [6, 6.07) is 22.0. The molecule has 0 atom stereocenters. The van der Waals surface area contributed by atoms with E-state index in [9.17, 15) is 9.59 Å². The van der Waals surface area contributed by atoms with Gasteiger partial charge in [-0.05, 0) is 74.8 Å². The summed E-state index contributed by atoms with van der Waals surface area (Å²) in [5, 5.41) is 4.18. The van der Waals surface area contributed by atoms with Crippen molar-refractivity contribution >= 4 is 28.3 Å². The lowest BCUT2D eigenvalue weighted by Crippen LogP contribution is -2.29. The lowest BCUT2D eigenvalue weighted by atomic mass is 9.89. The maximum atomic E-state index is 12.9. The predicted octanol–water partition coefficient (Wildman–Crippen LogP) is 5.46. The minimum Gasteiger partial charge on any atom is -0.361 e. The van der Waals surface area contributed by atoms with Crippen molar-refractivity contribution in [1.29, 1.82) is 0 Å². The van der Waals surface area contributed by atoms with Crippen molar-refractivity contribution < 1.29 is 9.59 Å². The van der Waals surface area contributed by atoms with E-state index in [1.54, 1.807) is 36.4 Å². The first-order valence-corrected chi connectivity index (χ1v) is 11.4. The average molecular weight is 438 g/mol. The Morgan fingerprint density at radius 1 is 0.879 bits per heavy atom. The molecule has 33 heavy (non-hydrogen) atoms. The number of hydrogen-bond donors (Lipinski definition) is 2. The van der Waals surface area contributed by atoms with Crippen LogP contribution in [0.5, 0.6) is 0 Å². The van der Waals surface area contributed by atoms with Crippen LogP contribution in [0.3, 0.4) is 0 Å². The largest absolute Gasteiger partial charge is 0.361 e. The van der Waals surface area contributed by atoms with E-state index in [2.05, 4.69) is 34.5 Å². The molecule has 166 valence electrons. The van der Waals surface area contributed by atoms with Crippen molar-refractivity contribution in [3.05, 3.63) is 101 Å². The lowest BCUT2D eigenvalue weighted by molar-refractivity contribution is 0.102. The molecule has 1 aromatic heterocycles. The second kappa shape index (κ2) is 9.04. The van der Waals surface area contributed by atoms with Crippen LogP contribution in [-0.4, -0.2) is 41.7 Å². The molecule has 0 radical (unpaired) electrons. The molecule has 0 aliphatic carbocycles. The summed E-state index contributed by atoms with van der Waals surface area (Å²) >= 11 is 0. The second-order valence-electron chi connectivity index (χ2n) is 8.81. The molecule has 5 heteroatoms. The van der Waals surface area contributed by atoms with Gasteiger partial charge in [-0.1, -0.05) is 42.5 Å². The third-order valence-electron chi connectivity index (χ3n) is 6.58. The number of nitrogens with one attached hydrogen (secondary N) is 2. The smallest absolute Gasteiger partial charge is 0.255 e. The van der Waals surface area contributed by atoms with Crippen LogP contribution in [-0.2, 0) is 0 Å². The number of ketones is 1. The summed E-state index contributed by atoms with van der Waals surface area (Å²) in [4.78, 5) is 31.2. The van der Waals surface area contributed by atoms with Crippen molar-refractivity contribution in [2.24, 2.45) is 0 Å². The van der Waals surface area contributed by atoms with Gasteiger partial charge in [0.1, 0.15) is 0 Å². The van der Waals surface area contributed by atoms with E-state index in [0.717, 1.165) is 37.1 Å². The lowest BCUT2D eigenvalue weighted by Gasteiger charge is -2.28. The number of aromatic nitrogens is 1. The van der Waals surface area contributed by atoms with E-state index in [1.807, 2.05) is 30.3 Å². The van der Waals surface area contributed by atoms with Gasteiger partial charge in [0, 0.05) is 39.5 Å². The molecule has 5 nitrogen and oxygen atoms in total. The standard InChI is InChI=1S/C28H27N3O2/c1-31-15-13-19(14-16-31)25-18-29-26-12-11-23(17-24(25)26)30-28(33)22-9-7-21(8-10-22)27(32)20-5-3-2-4-6-20/h2-12,17-19,29H,13-16H2,1H3,(H,30,33). The molecule has 4 aromatic rings. The minimum atomic E-state index is -0.190. The first kappa shape index (κ1) is 21.2. The van der Waals surface area contributed by atoms with E-state index in [0.29, 0.717) is 22.6 Å². The number of amides is 1. The Balaban J connectivity index is 1.32. The summed E-state index contributed by atoms with van der Waals surface area (Å²) < 4.78 is 0. The molecule has 2 N–H and O–H groups in total. The maximum absolute atomic E-state index is 12.9. The van der Waals surface area contributed by atoms with Gasteiger partial charge in [-0.15, -0.1) is 0 Å². The fraction of sp³-hybridized carbons (Fsp3) is 0.214. The number of carbonyl (C=O) groups is 2. The topological polar surface area (TPSA) is 65.2 Å². The fourth-order valence-corrected chi connectivity index (χ4v) is 4.61. The number of hydrogen-bond acceptors (Lipinski definition) is 3. The molecule has 0 bridgehead atoms. The Morgan fingerprint density at radius 2 is 1.55 bits per heavy atom. The molecular weight excluding hydrogens is 410 g/mol. The monoisotopic (exact) mass is 437 g/mol. The van der Waals surface area contributed by atoms with Gasteiger partial charge in [0.25, 0.3) is 5.91 Å². The number of likely N-dealkylation sites (tertiary alicyclic amines) is 1. The number of rotatable bonds is 5. The van der Waals surface area contributed by atoms with E-state index >= 15 is 0 Å². The highest BCUT2D eigenvalue weighted by Crippen LogP contribution is 2.34. The van der Waals surface area contributed by atoms with Crippen LogP contribution in [0, 0.1) is 0 Å². The average Bonchev–Trinajstić information content (AvgIpc) is 3.28. The van der Waals surface area contributed by atoms with Crippen LogP contribution in [0.2, 0.25) is 0 Å². The predicted molar refractivity (Wildman–Crippen MR) is 132 cm³/mol. The molecular formula is C28H27N3O2. The van der Waals surface area contributed by atoms with Crippen LogP contribution in [0.15, 0.2) is 79.0 Å². The van der Waals surface area contributed by atoms with Crippen LogP contribution in [0.25, 0.3) is 10.9 Å². The van der Waals surface area contributed by atoms with Gasteiger partial charge < -0.3 is 15.2 Å². The SMILES string of the molecule is CN1CCC(c2c[nH]c3ccc(NC(=O)c4ccc(C(=O)c5ccccc5)cc4)cc23)CC1. The molecule has 5 rings (SSSR count). The van der Waals surface area contributed by atoms with Gasteiger partial charge in [0.05, 0.1) is 0 Å². The van der Waals surface area contributed by atoms with Gasteiger partial charge in [0.15, 0.2) is 5.78 Å². The number of H-pyrrole nitrogens is 1. The normalized spacial score (nSPS) is 14.9. The summed E-state index contributed by atoms with van der Waals surface area (Å²) in [5.41, 5.74) is 4.91. The van der Waals surface area contributed by atoms with Gasteiger partial charge >= 0.3 is 0 Å². The molecule has 1 aliphatic rings. The molecule has 2 heterocycles. The first-order valence-electron chi connectivity index (χ1n) is 11.4. The zero-order valence-electron chi connectivity index (χ0n) is 18.7. The molecule has 0 unspecified atom stereocenters. The number of fused-ring (bicyclic) bond motifs is 1. The fourth-order valence-electron chi connectivity index (χ4n) is 4.61. The molecule has 0 spiro atoms. The van der Waals surface area contributed by atoms with Crippen LogP contribution >= 0.6 is 0 Å². The van der Waals surface area contributed by atoms with E-state index in [1.165, 1.54) is 10.9 Å². The highest BCUT2D eigenvalue weighted by Gasteiger charge is 2.21. The van der Waals surface area contributed by atoms with Gasteiger partial charge in [0.2, 0.25) is 0 Å². The van der Waals surface area contributed by atoms with Crippen molar-refractivity contribution in [2.75, 3.05) is 25.5 Å². The minimum absolute atomic E-state index is 0.0538. The van der Waals surface area contributed by atoms with Gasteiger partial charge in [-0.25, -0.2) is 0 Å². The third-order valence-corrected chi connectivity index (χ3v) is 6.58. The quantitative estimate of drug-likeness (QED) is 0.408. The molecule has 1 amide bonds. The van der Waals surface area contributed by atoms with Crippen molar-refractivity contribution in [3.8, 4) is 0 Å². The van der Waals surface area contributed by atoms with Gasteiger partial charge in [-0.2, -0.15) is 0 Å². The Hall–Kier alpha value is -3.70. The second-order valence-corrected chi connectivity index (χ2v) is 8.81. The molecule has 1 saturated heterocycles. The van der Waals surface area contributed by atoms with Crippen molar-refractivity contribution in [2.45, 2.75) is 18.8 Å². The number of piperidine rings is 1. The van der Waals surface area contributed by atoms with Crippen LogP contribution < -0.4 is 5.32 Å². The Labute approximate surface area is 193 Å². The molecule has 1 fully saturated rings. The number of benzene rings is 3. The van der Waals surface area contributed by atoms with Crippen molar-refractivity contribution in [3.63, 3.8) is 0 Å². The number of aromatic amines is 1. The third kappa shape index (κ3) is 4.45. The summed E-state index contributed by atoms with van der Waals surface area (Å²) in [5.74, 6) is 0.293. The summed E-state index contributed by atoms with van der Waals surface area (Å²) in [6.07, 6.45) is 4.41. The number of nitrogens with zero attached hydrogens (tertiary/aromatic N) is 1. The Bertz CT molecular complexity index is 1280. The van der Waals surface area contributed by atoms with E-state index in [-0.39, 0.29) is 11.7 Å². The Kier molecular flexibility index (Phi) is 5.80. The van der Waals surface area contributed by atoms with E-state index < -0.39 is 0 Å². The highest BCUT2D eigenvalue weighted by atomic mass is 16.1. The molecule has 0 saturated carbocycles. The maximum Gasteiger partial charge on any atom is 0.255 e. The Morgan fingerprint density at radius 3 is 2.27 bits per heavy atom. The van der Waals surface area contributed by atoms with Gasteiger partial charge in [-0.3, -0.25) is 9.59 Å². The summed E-state index contributed by atoms with van der Waals surface area (Å²) in [7, 11) is 2.17. The zero-order valence-corrected chi connectivity index (χ0v) is 18.7. The molecule has 1 aliphatic heterocycles. The summed E-state index contributed by atoms with van der Waals surface area (Å²) in [6.45, 7) is 2.22. The first-order chi connectivity index (χ1) is 16.1. The zero-order chi connectivity index (χ0) is 22.8. The number of carbonyl (C=O) groups excluding carboxylic acids is 2. The van der Waals surface area contributed by atoms with Crippen LogP contribution in [0.4, 0.5) is 5.69 Å². The number of anilines is 1. The highest BCUT2D eigenvalue weighted by molar-refractivity contribution is 6.10. The van der Waals surface area contributed by atoms with E-state index in [4.69, 9.17) is 0 Å². The molecule has 3 aromatic carbocycles. The van der Waals surface area contributed by atoms with Crippen molar-refractivity contribution in [1.82, 2.24) is 9.88 Å². The van der Waals surface area contributed by atoms with Crippen LogP contribution in [0.1, 0.15) is 50.6 Å².